The first kappa shape index (κ1) is 13.5. The van der Waals surface area contributed by atoms with E-state index >= 15 is 0 Å². The second kappa shape index (κ2) is 5.38. The molecule has 0 bridgehead atoms. The van der Waals surface area contributed by atoms with E-state index in [1.54, 1.807) is 5.38 Å². The number of carbonyl (C=O) groups is 1. The van der Waals surface area contributed by atoms with E-state index in [1.165, 1.54) is 11.3 Å². The lowest BCUT2D eigenvalue weighted by molar-refractivity contribution is 0.0145. The highest BCUT2D eigenvalue weighted by Crippen LogP contribution is 2.30. The van der Waals surface area contributed by atoms with Gasteiger partial charge >= 0.3 is 5.97 Å². The van der Waals surface area contributed by atoms with Crippen LogP contribution in [0.2, 0.25) is 0 Å². The molecule has 0 atom stereocenters. The van der Waals surface area contributed by atoms with E-state index in [4.69, 9.17) is 5.11 Å². The summed E-state index contributed by atoms with van der Waals surface area (Å²) in [4.78, 5) is 13.4. The number of rotatable bonds is 5. The lowest BCUT2D eigenvalue weighted by Crippen LogP contribution is -2.38. The van der Waals surface area contributed by atoms with E-state index in [1.807, 2.05) is 18.0 Å². The van der Waals surface area contributed by atoms with Crippen LogP contribution in [0.4, 0.5) is 0 Å². The third kappa shape index (κ3) is 3.10. The Kier molecular flexibility index (Phi) is 4.04. The molecule has 0 unspecified atom stereocenters. The standard InChI is InChI=1S/C13H19NO3S/c1-14(9-13(17)5-2-3-6-13)8-10-4-7-18-11(10)12(15)16/h4,7,17H,2-3,5-6,8-9H2,1H3,(H,15,16). The van der Waals surface area contributed by atoms with Gasteiger partial charge in [-0.2, -0.15) is 0 Å². The van der Waals surface area contributed by atoms with Crippen molar-refractivity contribution in [3.63, 3.8) is 0 Å². The molecular weight excluding hydrogens is 250 g/mol. The van der Waals surface area contributed by atoms with Crippen LogP contribution in [0.25, 0.3) is 0 Å². The smallest absolute Gasteiger partial charge is 0.346 e. The van der Waals surface area contributed by atoms with E-state index in [0.717, 1.165) is 31.2 Å². The SMILES string of the molecule is CN(Cc1ccsc1C(=O)O)CC1(O)CCCC1. The Balaban J connectivity index is 1.96. The molecule has 1 aromatic heterocycles. The first-order chi connectivity index (χ1) is 8.50. The molecule has 18 heavy (non-hydrogen) atoms. The number of carboxylic acids is 1. The Morgan fingerprint density at radius 2 is 2.17 bits per heavy atom. The van der Waals surface area contributed by atoms with Crippen molar-refractivity contribution in [3.05, 3.63) is 21.9 Å². The maximum atomic E-state index is 11.0. The van der Waals surface area contributed by atoms with Gasteiger partial charge in [-0.25, -0.2) is 4.79 Å². The second-order valence-corrected chi connectivity index (χ2v) is 6.10. The molecule has 0 aromatic carbocycles. The summed E-state index contributed by atoms with van der Waals surface area (Å²) >= 11 is 1.25. The van der Waals surface area contributed by atoms with Crippen LogP contribution in [-0.4, -0.2) is 40.3 Å². The normalized spacial score (nSPS) is 18.4. The summed E-state index contributed by atoms with van der Waals surface area (Å²) in [6.45, 7) is 1.19. The van der Waals surface area contributed by atoms with Crippen LogP contribution in [0.1, 0.15) is 40.9 Å². The average Bonchev–Trinajstić information content (AvgIpc) is 2.87. The van der Waals surface area contributed by atoms with E-state index in [2.05, 4.69) is 0 Å². The highest BCUT2D eigenvalue weighted by Gasteiger charge is 2.32. The Labute approximate surface area is 111 Å². The molecule has 1 saturated carbocycles. The van der Waals surface area contributed by atoms with Gasteiger partial charge in [0.1, 0.15) is 4.88 Å². The zero-order valence-corrected chi connectivity index (χ0v) is 11.4. The van der Waals surface area contributed by atoms with Gasteiger partial charge in [0, 0.05) is 13.1 Å². The Morgan fingerprint density at radius 1 is 1.50 bits per heavy atom. The van der Waals surface area contributed by atoms with E-state index in [0.29, 0.717) is 18.0 Å². The summed E-state index contributed by atoms with van der Waals surface area (Å²) < 4.78 is 0. The maximum Gasteiger partial charge on any atom is 0.346 e. The molecule has 4 nitrogen and oxygen atoms in total. The Morgan fingerprint density at radius 3 is 2.78 bits per heavy atom. The molecule has 1 aromatic rings. The van der Waals surface area contributed by atoms with Gasteiger partial charge < -0.3 is 10.2 Å². The van der Waals surface area contributed by atoms with Crippen molar-refractivity contribution < 1.29 is 15.0 Å². The van der Waals surface area contributed by atoms with Gasteiger partial charge in [0.2, 0.25) is 0 Å². The molecule has 2 N–H and O–H groups in total. The summed E-state index contributed by atoms with van der Waals surface area (Å²) in [6.07, 6.45) is 3.88. The van der Waals surface area contributed by atoms with Crippen LogP contribution in [-0.2, 0) is 6.54 Å². The van der Waals surface area contributed by atoms with Gasteiger partial charge in [0.05, 0.1) is 5.60 Å². The summed E-state index contributed by atoms with van der Waals surface area (Å²) in [5.74, 6) is -0.868. The molecule has 1 aliphatic rings. The van der Waals surface area contributed by atoms with Crippen molar-refractivity contribution in [3.8, 4) is 0 Å². The molecule has 0 aliphatic heterocycles. The van der Waals surface area contributed by atoms with E-state index in [-0.39, 0.29) is 0 Å². The third-order valence-corrected chi connectivity index (χ3v) is 4.42. The van der Waals surface area contributed by atoms with Gasteiger partial charge in [0.15, 0.2) is 0 Å². The largest absolute Gasteiger partial charge is 0.477 e. The predicted molar refractivity (Wildman–Crippen MR) is 71.0 cm³/mol. The molecule has 100 valence electrons. The average molecular weight is 269 g/mol. The monoisotopic (exact) mass is 269 g/mol. The predicted octanol–water partition coefficient (Wildman–Crippen LogP) is 2.18. The van der Waals surface area contributed by atoms with Gasteiger partial charge in [-0.3, -0.25) is 4.90 Å². The van der Waals surface area contributed by atoms with Crippen LogP contribution in [0.5, 0.6) is 0 Å². The number of likely N-dealkylation sites (N-methyl/N-ethyl adjacent to an activating group) is 1. The number of hydrogen-bond donors (Lipinski definition) is 2. The molecule has 0 radical (unpaired) electrons. The minimum absolute atomic E-state index is 0.403. The molecule has 0 spiro atoms. The molecular formula is C13H19NO3S. The molecule has 0 amide bonds. The second-order valence-electron chi connectivity index (χ2n) is 5.18. The number of thiophene rings is 1. The van der Waals surface area contributed by atoms with Crippen molar-refractivity contribution in [1.29, 1.82) is 0 Å². The van der Waals surface area contributed by atoms with Gasteiger partial charge in [-0.1, -0.05) is 12.8 Å². The molecule has 2 rings (SSSR count). The topological polar surface area (TPSA) is 60.8 Å². The first-order valence-corrected chi connectivity index (χ1v) is 7.09. The van der Waals surface area contributed by atoms with E-state index in [9.17, 15) is 9.90 Å². The summed E-state index contributed by atoms with van der Waals surface area (Å²) in [7, 11) is 1.93. The third-order valence-electron chi connectivity index (χ3n) is 3.48. The molecule has 1 fully saturated rings. The van der Waals surface area contributed by atoms with Crippen LogP contribution in [0.15, 0.2) is 11.4 Å². The van der Waals surface area contributed by atoms with Crippen molar-refractivity contribution in [1.82, 2.24) is 4.90 Å². The van der Waals surface area contributed by atoms with Gasteiger partial charge in [0.25, 0.3) is 0 Å². The number of aliphatic hydroxyl groups is 1. The van der Waals surface area contributed by atoms with Crippen molar-refractivity contribution in [2.75, 3.05) is 13.6 Å². The lowest BCUT2D eigenvalue weighted by Gasteiger charge is -2.28. The van der Waals surface area contributed by atoms with Crippen molar-refractivity contribution in [2.45, 2.75) is 37.8 Å². The first-order valence-electron chi connectivity index (χ1n) is 6.21. The number of carboxylic acid groups (broad SMARTS) is 1. The summed E-state index contributed by atoms with van der Waals surface area (Å²) in [5.41, 5.74) is 0.255. The minimum atomic E-state index is -0.868. The molecule has 1 aliphatic carbocycles. The zero-order valence-electron chi connectivity index (χ0n) is 10.6. The summed E-state index contributed by atoms with van der Waals surface area (Å²) in [6, 6.07) is 1.85. The van der Waals surface area contributed by atoms with E-state index < -0.39 is 11.6 Å². The van der Waals surface area contributed by atoms with Crippen LogP contribution in [0.3, 0.4) is 0 Å². The zero-order chi connectivity index (χ0) is 13.2. The Hall–Kier alpha value is -0.910. The lowest BCUT2D eigenvalue weighted by atomic mass is 10.0. The fourth-order valence-electron chi connectivity index (χ4n) is 2.69. The van der Waals surface area contributed by atoms with Gasteiger partial charge in [-0.15, -0.1) is 11.3 Å². The van der Waals surface area contributed by atoms with Crippen molar-refractivity contribution >= 4 is 17.3 Å². The molecule has 1 heterocycles. The highest BCUT2D eigenvalue weighted by atomic mass is 32.1. The number of hydrogen-bond acceptors (Lipinski definition) is 4. The van der Waals surface area contributed by atoms with Crippen LogP contribution in [0, 0.1) is 0 Å². The maximum absolute atomic E-state index is 11.0. The summed E-state index contributed by atoms with van der Waals surface area (Å²) in [5, 5.41) is 21.2. The van der Waals surface area contributed by atoms with Crippen LogP contribution >= 0.6 is 11.3 Å². The molecule has 0 saturated heterocycles. The van der Waals surface area contributed by atoms with Crippen molar-refractivity contribution in [2.24, 2.45) is 0 Å². The number of aromatic carboxylic acids is 1. The fourth-order valence-corrected chi connectivity index (χ4v) is 3.44. The molecule has 5 heteroatoms. The van der Waals surface area contributed by atoms with Crippen LogP contribution < -0.4 is 0 Å². The number of nitrogens with zero attached hydrogens (tertiary/aromatic N) is 1. The minimum Gasteiger partial charge on any atom is -0.477 e. The quantitative estimate of drug-likeness (QED) is 0.860. The van der Waals surface area contributed by atoms with Gasteiger partial charge in [-0.05, 0) is 36.9 Å². The fraction of sp³-hybridized carbons (Fsp3) is 0.615. The Bertz CT molecular complexity index is 424. The highest BCUT2D eigenvalue weighted by molar-refractivity contribution is 7.12.